The third kappa shape index (κ3) is 3.59. The van der Waals surface area contributed by atoms with E-state index in [1.165, 1.54) is 12.1 Å². The number of nitrogens with one attached hydrogen (secondary N) is 2. The Morgan fingerprint density at radius 2 is 2.00 bits per heavy atom. The third-order valence-corrected chi connectivity index (χ3v) is 4.22. The molecule has 0 spiro atoms. The lowest BCUT2D eigenvalue weighted by Crippen LogP contribution is -2.50. The lowest BCUT2D eigenvalue weighted by Gasteiger charge is -2.29. The monoisotopic (exact) mass is 445 g/mol. The molecule has 126 valence electrons. The average molecular weight is 445 g/mol. The SMILES string of the molecule is NC(=O)c1c(Nc2ccc(I)cc2F)cc(F)cc1OC1CNC1. The first-order chi connectivity index (χ1) is 11.4. The van der Waals surface area contributed by atoms with Gasteiger partial charge < -0.3 is 21.1 Å². The number of primary amides is 1. The Morgan fingerprint density at radius 3 is 2.58 bits per heavy atom. The van der Waals surface area contributed by atoms with E-state index in [0.717, 1.165) is 12.1 Å². The first kappa shape index (κ1) is 16.9. The van der Waals surface area contributed by atoms with Crippen molar-refractivity contribution < 1.29 is 18.3 Å². The maximum atomic E-state index is 14.0. The smallest absolute Gasteiger partial charge is 0.254 e. The Hall–Kier alpha value is -1.94. The molecule has 5 nitrogen and oxygen atoms in total. The summed E-state index contributed by atoms with van der Waals surface area (Å²) in [5, 5.41) is 5.74. The van der Waals surface area contributed by atoms with Gasteiger partial charge in [-0.2, -0.15) is 0 Å². The molecule has 1 amide bonds. The Labute approximate surface area is 150 Å². The number of hydrogen-bond acceptors (Lipinski definition) is 4. The predicted molar refractivity (Wildman–Crippen MR) is 94.6 cm³/mol. The molecule has 1 fully saturated rings. The minimum absolute atomic E-state index is 0.0127. The van der Waals surface area contributed by atoms with Gasteiger partial charge in [0.1, 0.15) is 29.1 Å². The largest absolute Gasteiger partial charge is 0.487 e. The second-order valence-electron chi connectivity index (χ2n) is 5.34. The minimum atomic E-state index is -0.786. The van der Waals surface area contributed by atoms with Crippen LogP contribution in [0.25, 0.3) is 0 Å². The molecule has 0 unspecified atom stereocenters. The van der Waals surface area contributed by atoms with E-state index in [1.54, 1.807) is 6.07 Å². The zero-order chi connectivity index (χ0) is 17.3. The van der Waals surface area contributed by atoms with E-state index in [1.807, 2.05) is 22.6 Å². The van der Waals surface area contributed by atoms with E-state index in [9.17, 15) is 13.6 Å². The van der Waals surface area contributed by atoms with Crippen molar-refractivity contribution in [3.05, 3.63) is 51.1 Å². The molecule has 3 rings (SSSR count). The van der Waals surface area contributed by atoms with Crippen molar-refractivity contribution in [3.8, 4) is 5.75 Å². The van der Waals surface area contributed by atoms with E-state index in [2.05, 4.69) is 10.6 Å². The third-order valence-electron chi connectivity index (χ3n) is 3.55. The predicted octanol–water partition coefficient (Wildman–Crippen LogP) is 2.76. The van der Waals surface area contributed by atoms with Crippen molar-refractivity contribution >= 4 is 39.9 Å². The second kappa shape index (κ2) is 6.89. The van der Waals surface area contributed by atoms with Crippen molar-refractivity contribution in [1.29, 1.82) is 0 Å². The second-order valence-corrected chi connectivity index (χ2v) is 6.58. The van der Waals surface area contributed by atoms with Gasteiger partial charge in [0, 0.05) is 22.7 Å². The van der Waals surface area contributed by atoms with Crippen LogP contribution < -0.4 is 21.1 Å². The summed E-state index contributed by atoms with van der Waals surface area (Å²) < 4.78 is 34.3. The molecule has 0 radical (unpaired) electrons. The summed E-state index contributed by atoms with van der Waals surface area (Å²) in [5.74, 6) is -1.88. The van der Waals surface area contributed by atoms with Crippen LogP contribution in [0.3, 0.4) is 0 Å². The van der Waals surface area contributed by atoms with E-state index in [0.29, 0.717) is 16.7 Å². The minimum Gasteiger partial charge on any atom is -0.487 e. The number of amides is 1. The molecule has 0 aliphatic carbocycles. The molecule has 4 N–H and O–H groups in total. The van der Waals surface area contributed by atoms with E-state index in [-0.39, 0.29) is 28.8 Å². The van der Waals surface area contributed by atoms with Gasteiger partial charge in [0.2, 0.25) is 0 Å². The summed E-state index contributed by atoms with van der Waals surface area (Å²) in [6.45, 7) is 1.20. The quantitative estimate of drug-likeness (QED) is 0.619. The van der Waals surface area contributed by atoms with Gasteiger partial charge in [-0.1, -0.05) is 0 Å². The number of anilines is 2. The number of carbonyl (C=O) groups is 1. The molecule has 1 heterocycles. The Balaban J connectivity index is 2.00. The summed E-state index contributed by atoms with van der Waals surface area (Å²) in [5.41, 5.74) is 5.58. The number of rotatable bonds is 5. The van der Waals surface area contributed by atoms with Crippen LogP contribution in [0.1, 0.15) is 10.4 Å². The molecule has 0 bridgehead atoms. The van der Waals surface area contributed by atoms with E-state index in [4.69, 9.17) is 10.5 Å². The summed E-state index contributed by atoms with van der Waals surface area (Å²) in [7, 11) is 0. The van der Waals surface area contributed by atoms with Gasteiger partial charge in [0.05, 0.1) is 11.4 Å². The molecule has 24 heavy (non-hydrogen) atoms. The molecule has 8 heteroatoms. The highest BCUT2D eigenvalue weighted by atomic mass is 127. The number of ether oxygens (including phenoxy) is 1. The summed E-state index contributed by atoms with van der Waals surface area (Å²) in [6, 6.07) is 6.71. The van der Waals surface area contributed by atoms with Gasteiger partial charge in [0.25, 0.3) is 5.91 Å². The van der Waals surface area contributed by atoms with Crippen LogP contribution in [0.2, 0.25) is 0 Å². The van der Waals surface area contributed by atoms with Crippen LogP contribution >= 0.6 is 22.6 Å². The first-order valence-corrected chi connectivity index (χ1v) is 8.24. The number of benzene rings is 2. The fourth-order valence-electron chi connectivity index (χ4n) is 2.29. The van der Waals surface area contributed by atoms with Gasteiger partial charge in [-0.3, -0.25) is 4.79 Å². The topological polar surface area (TPSA) is 76.4 Å². The standard InChI is InChI=1S/C16H14F2IN3O2/c17-8-3-13(22-12-2-1-9(19)5-11(12)18)15(16(20)23)14(4-8)24-10-6-21-7-10/h1-5,10,21-22H,6-7H2,(H2,20,23). The zero-order valence-corrected chi connectivity index (χ0v) is 14.6. The molecule has 1 aliphatic rings. The number of nitrogens with two attached hydrogens (primary N) is 1. The van der Waals surface area contributed by atoms with Crippen molar-refractivity contribution in [2.45, 2.75) is 6.10 Å². The van der Waals surface area contributed by atoms with Crippen LogP contribution in [-0.2, 0) is 0 Å². The highest BCUT2D eigenvalue weighted by molar-refractivity contribution is 14.1. The lowest BCUT2D eigenvalue weighted by molar-refractivity contribution is 0.0985. The van der Waals surface area contributed by atoms with Crippen molar-refractivity contribution in [1.82, 2.24) is 5.32 Å². The van der Waals surface area contributed by atoms with Crippen LogP contribution in [0.4, 0.5) is 20.2 Å². The Morgan fingerprint density at radius 1 is 1.25 bits per heavy atom. The van der Waals surface area contributed by atoms with Crippen molar-refractivity contribution in [2.75, 3.05) is 18.4 Å². The van der Waals surface area contributed by atoms with Gasteiger partial charge in [0.15, 0.2) is 0 Å². The van der Waals surface area contributed by atoms with Gasteiger partial charge in [-0.25, -0.2) is 8.78 Å². The maximum absolute atomic E-state index is 14.0. The summed E-state index contributed by atoms with van der Waals surface area (Å²) in [6.07, 6.45) is -0.159. The Kier molecular flexibility index (Phi) is 4.86. The van der Waals surface area contributed by atoms with Crippen molar-refractivity contribution in [2.24, 2.45) is 5.73 Å². The van der Waals surface area contributed by atoms with E-state index >= 15 is 0 Å². The molecule has 1 saturated heterocycles. The molecular formula is C16H14F2IN3O2. The maximum Gasteiger partial charge on any atom is 0.254 e. The lowest BCUT2D eigenvalue weighted by atomic mass is 10.1. The van der Waals surface area contributed by atoms with Crippen LogP contribution in [0, 0.1) is 15.2 Å². The fraction of sp³-hybridized carbons (Fsp3) is 0.188. The molecule has 0 saturated carbocycles. The van der Waals surface area contributed by atoms with Gasteiger partial charge in [-0.15, -0.1) is 0 Å². The van der Waals surface area contributed by atoms with E-state index < -0.39 is 17.5 Å². The first-order valence-electron chi connectivity index (χ1n) is 7.17. The molecular weight excluding hydrogens is 431 g/mol. The average Bonchev–Trinajstić information content (AvgIpc) is 2.45. The highest BCUT2D eigenvalue weighted by Crippen LogP contribution is 2.32. The fourth-order valence-corrected chi connectivity index (χ4v) is 2.74. The summed E-state index contributed by atoms with van der Waals surface area (Å²) >= 11 is 1.98. The molecule has 2 aromatic carbocycles. The number of halogens is 3. The molecule has 0 atom stereocenters. The molecule has 0 aromatic heterocycles. The van der Waals surface area contributed by atoms with Crippen LogP contribution in [-0.4, -0.2) is 25.1 Å². The van der Waals surface area contributed by atoms with Crippen LogP contribution in [0.5, 0.6) is 5.75 Å². The zero-order valence-electron chi connectivity index (χ0n) is 12.4. The highest BCUT2D eigenvalue weighted by Gasteiger charge is 2.24. The van der Waals surface area contributed by atoms with Gasteiger partial charge in [-0.05, 0) is 46.9 Å². The molecule has 1 aliphatic heterocycles. The summed E-state index contributed by atoms with van der Waals surface area (Å²) in [4.78, 5) is 11.8. The number of hydrogen-bond donors (Lipinski definition) is 3. The van der Waals surface area contributed by atoms with Gasteiger partial charge >= 0.3 is 0 Å². The molecule has 2 aromatic rings. The Bertz CT molecular complexity index is 797. The normalized spacial score (nSPS) is 14.1. The van der Waals surface area contributed by atoms with Crippen LogP contribution in [0.15, 0.2) is 30.3 Å². The number of carbonyl (C=O) groups excluding carboxylic acids is 1. The van der Waals surface area contributed by atoms with Crippen molar-refractivity contribution in [3.63, 3.8) is 0 Å².